The van der Waals surface area contributed by atoms with E-state index in [1.807, 2.05) is 6.07 Å². The highest BCUT2D eigenvalue weighted by Gasteiger charge is 2.13. The Morgan fingerprint density at radius 2 is 1.96 bits per heavy atom. The molecule has 1 aromatic carbocycles. The largest absolute Gasteiger partial charge is 0.352 e. The molecule has 2 aromatic rings. The van der Waals surface area contributed by atoms with Gasteiger partial charge < -0.3 is 10.6 Å². The van der Waals surface area contributed by atoms with Gasteiger partial charge in [0.25, 0.3) is 5.91 Å². The fraction of sp³-hybridized carbons (Fsp3) is 0.400. The fourth-order valence-electron chi connectivity index (χ4n) is 3.13. The first kappa shape index (κ1) is 22.4. The van der Waals surface area contributed by atoms with Crippen molar-refractivity contribution in [2.45, 2.75) is 26.2 Å². The van der Waals surface area contributed by atoms with Gasteiger partial charge in [-0.2, -0.15) is 0 Å². The average Bonchev–Trinajstić information content (AvgIpc) is 2.63. The second kappa shape index (κ2) is 11.2. The highest BCUT2D eigenvalue weighted by molar-refractivity contribution is 5.95. The predicted octanol–water partition coefficient (Wildman–Crippen LogP) is 4.02. The summed E-state index contributed by atoms with van der Waals surface area (Å²) >= 11 is 0. The van der Waals surface area contributed by atoms with Gasteiger partial charge in [0.2, 0.25) is 0 Å². The summed E-state index contributed by atoms with van der Waals surface area (Å²) in [6.45, 7) is 4.98. The van der Waals surface area contributed by atoms with Crippen LogP contribution in [0.5, 0.6) is 0 Å². The normalized spacial score (nSPS) is 16.1. The summed E-state index contributed by atoms with van der Waals surface area (Å²) in [6, 6.07) is 10.2. The van der Waals surface area contributed by atoms with E-state index in [0.717, 1.165) is 37.2 Å². The Balaban J connectivity index is 0.00000169. The van der Waals surface area contributed by atoms with Crippen molar-refractivity contribution in [1.82, 2.24) is 15.6 Å². The van der Waals surface area contributed by atoms with Crippen molar-refractivity contribution in [2.24, 2.45) is 5.92 Å². The number of halogens is 2. The molecule has 6 heteroatoms. The Morgan fingerprint density at radius 3 is 2.65 bits per heavy atom. The van der Waals surface area contributed by atoms with Gasteiger partial charge in [-0.05, 0) is 56.8 Å². The van der Waals surface area contributed by atoms with E-state index >= 15 is 0 Å². The SMILES string of the molecule is Cc1ccc(-c2cncc(C(=O)NCCC3CCCNC3)c2)cc1.Cl.Cl. The van der Waals surface area contributed by atoms with Gasteiger partial charge >= 0.3 is 0 Å². The van der Waals surface area contributed by atoms with Gasteiger partial charge in [0.05, 0.1) is 5.56 Å². The van der Waals surface area contributed by atoms with Crippen molar-refractivity contribution < 1.29 is 4.79 Å². The maximum Gasteiger partial charge on any atom is 0.252 e. The molecule has 26 heavy (non-hydrogen) atoms. The predicted molar refractivity (Wildman–Crippen MR) is 111 cm³/mol. The van der Waals surface area contributed by atoms with E-state index in [-0.39, 0.29) is 30.7 Å². The van der Waals surface area contributed by atoms with Crippen molar-refractivity contribution in [3.63, 3.8) is 0 Å². The zero-order valence-electron chi connectivity index (χ0n) is 15.0. The van der Waals surface area contributed by atoms with Crippen LogP contribution in [0.15, 0.2) is 42.7 Å². The summed E-state index contributed by atoms with van der Waals surface area (Å²) in [6.07, 6.45) is 6.96. The quantitative estimate of drug-likeness (QED) is 0.803. The number of nitrogens with zero attached hydrogens (tertiary/aromatic N) is 1. The Morgan fingerprint density at radius 1 is 1.19 bits per heavy atom. The molecule has 142 valence electrons. The van der Waals surface area contributed by atoms with E-state index in [9.17, 15) is 4.79 Å². The average molecular weight is 396 g/mol. The topological polar surface area (TPSA) is 54.0 Å². The third-order valence-electron chi connectivity index (χ3n) is 4.62. The molecule has 1 aliphatic rings. The smallest absolute Gasteiger partial charge is 0.252 e. The molecule has 4 nitrogen and oxygen atoms in total. The lowest BCUT2D eigenvalue weighted by molar-refractivity contribution is 0.0950. The first-order valence-corrected chi connectivity index (χ1v) is 8.73. The number of carbonyl (C=O) groups excluding carboxylic acids is 1. The van der Waals surface area contributed by atoms with E-state index in [0.29, 0.717) is 11.5 Å². The summed E-state index contributed by atoms with van der Waals surface area (Å²) in [5.74, 6) is 0.635. The molecule has 0 bridgehead atoms. The van der Waals surface area contributed by atoms with Gasteiger partial charge in [0.1, 0.15) is 0 Å². The molecule has 0 aliphatic carbocycles. The van der Waals surface area contributed by atoms with E-state index in [4.69, 9.17) is 0 Å². The molecule has 1 fully saturated rings. The molecular formula is C20H27Cl2N3O. The molecule has 2 N–H and O–H groups in total. The maximum atomic E-state index is 12.4. The zero-order chi connectivity index (χ0) is 16.8. The third kappa shape index (κ3) is 6.27. The van der Waals surface area contributed by atoms with Crippen LogP contribution in [0.3, 0.4) is 0 Å². The second-order valence-corrected chi connectivity index (χ2v) is 6.59. The Kier molecular flexibility index (Phi) is 9.63. The lowest BCUT2D eigenvalue weighted by Crippen LogP contribution is -2.33. The van der Waals surface area contributed by atoms with Crippen LogP contribution >= 0.6 is 24.8 Å². The number of aromatic nitrogens is 1. The van der Waals surface area contributed by atoms with Gasteiger partial charge in [-0.1, -0.05) is 29.8 Å². The summed E-state index contributed by atoms with van der Waals surface area (Å²) < 4.78 is 0. The molecule has 1 atom stereocenters. The van der Waals surface area contributed by atoms with Crippen LogP contribution in [-0.4, -0.2) is 30.5 Å². The van der Waals surface area contributed by atoms with E-state index in [1.54, 1.807) is 12.4 Å². The number of aryl methyl sites for hydroxylation is 1. The number of carbonyl (C=O) groups is 1. The number of pyridine rings is 1. The van der Waals surface area contributed by atoms with Crippen molar-refractivity contribution in [3.8, 4) is 11.1 Å². The number of rotatable bonds is 5. The molecule has 0 saturated carbocycles. The van der Waals surface area contributed by atoms with Crippen molar-refractivity contribution in [1.29, 1.82) is 0 Å². The molecule has 0 spiro atoms. The molecule has 3 rings (SSSR count). The minimum atomic E-state index is -0.0415. The van der Waals surface area contributed by atoms with Crippen molar-refractivity contribution >= 4 is 30.7 Å². The number of nitrogens with one attached hydrogen (secondary N) is 2. The van der Waals surface area contributed by atoms with Crippen LogP contribution in [0.25, 0.3) is 11.1 Å². The highest BCUT2D eigenvalue weighted by Crippen LogP contribution is 2.20. The second-order valence-electron chi connectivity index (χ2n) is 6.59. The number of hydrogen-bond donors (Lipinski definition) is 2. The summed E-state index contributed by atoms with van der Waals surface area (Å²) in [5, 5.41) is 6.44. The molecule has 1 saturated heterocycles. The lowest BCUT2D eigenvalue weighted by atomic mass is 9.96. The molecular weight excluding hydrogens is 369 g/mol. The first-order chi connectivity index (χ1) is 11.7. The summed E-state index contributed by atoms with van der Waals surface area (Å²) in [7, 11) is 0. The molecule has 2 heterocycles. The Bertz CT molecular complexity index is 686. The van der Waals surface area contributed by atoms with Crippen LogP contribution in [0, 0.1) is 12.8 Å². The van der Waals surface area contributed by atoms with Crippen LogP contribution in [0.2, 0.25) is 0 Å². The highest BCUT2D eigenvalue weighted by atomic mass is 35.5. The summed E-state index contributed by atoms with van der Waals surface area (Å²) in [4.78, 5) is 16.6. The zero-order valence-corrected chi connectivity index (χ0v) is 16.7. The standard InChI is InChI=1S/C20H25N3O.2ClH/c1-15-4-6-17(7-5-15)18-11-19(14-22-13-18)20(24)23-10-8-16-3-2-9-21-12-16;;/h4-7,11,13-14,16,21H,2-3,8-10,12H2,1H3,(H,23,24);2*1H. The van der Waals surface area contributed by atoms with Gasteiger partial charge in [-0.25, -0.2) is 0 Å². The van der Waals surface area contributed by atoms with E-state index in [1.165, 1.54) is 18.4 Å². The monoisotopic (exact) mass is 395 g/mol. The fourth-order valence-corrected chi connectivity index (χ4v) is 3.13. The Hall–Kier alpha value is -1.62. The van der Waals surface area contributed by atoms with Crippen molar-refractivity contribution in [2.75, 3.05) is 19.6 Å². The van der Waals surface area contributed by atoms with E-state index < -0.39 is 0 Å². The molecule has 0 radical (unpaired) electrons. The molecule has 1 unspecified atom stereocenters. The first-order valence-electron chi connectivity index (χ1n) is 8.73. The number of amides is 1. The lowest BCUT2D eigenvalue weighted by Gasteiger charge is -2.22. The van der Waals surface area contributed by atoms with E-state index in [2.05, 4.69) is 46.8 Å². The summed E-state index contributed by atoms with van der Waals surface area (Å²) in [5.41, 5.74) is 3.89. The van der Waals surface area contributed by atoms with Gasteiger partial charge in [0, 0.05) is 24.5 Å². The van der Waals surface area contributed by atoms with Crippen LogP contribution < -0.4 is 10.6 Å². The molecule has 1 aliphatic heterocycles. The number of piperidine rings is 1. The maximum absolute atomic E-state index is 12.4. The van der Waals surface area contributed by atoms with Crippen LogP contribution in [-0.2, 0) is 0 Å². The van der Waals surface area contributed by atoms with Crippen LogP contribution in [0.1, 0.15) is 35.2 Å². The molecule has 1 amide bonds. The minimum Gasteiger partial charge on any atom is -0.352 e. The minimum absolute atomic E-state index is 0. The number of hydrogen-bond acceptors (Lipinski definition) is 3. The number of benzene rings is 1. The van der Waals surface area contributed by atoms with Gasteiger partial charge in [-0.3, -0.25) is 9.78 Å². The molecule has 1 aromatic heterocycles. The van der Waals surface area contributed by atoms with Gasteiger partial charge in [-0.15, -0.1) is 24.8 Å². The van der Waals surface area contributed by atoms with Crippen LogP contribution in [0.4, 0.5) is 0 Å². The van der Waals surface area contributed by atoms with Crippen molar-refractivity contribution in [3.05, 3.63) is 53.9 Å². The Labute approximate surface area is 168 Å². The van der Waals surface area contributed by atoms with Gasteiger partial charge in [0.15, 0.2) is 0 Å². The third-order valence-corrected chi connectivity index (χ3v) is 4.62.